The number of phenols is 2. The molecule has 0 aliphatic carbocycles. The summed E-state index contributed by atoms with van der Waals surface area (Å²) in [6.07, 6.45) is 0.786. The Morgan fingerprint density at radius 2 is 1.23 bits per heavy atom. The summed E-state index contributed by atoms with van der Waals surface area (Å²) in [5.74, 6) is -2.85. The van der Waals surface area contributed by atoms with Gasteiger partial charge in [0, 0.05) is 6.42 Å². The number of rotatable bonds is 9. The molecule has 0 aliphatic rings. The summed E-state index contributed by atoms with van der Waals surface area (Å²) in [5, 5.41) is 37.5. The van der Waals surface area contributed by atoms with Crippen LogP contribution in [0.3, 0.4) is 0 Å². The van der Waals surface area contributed by atoms with Gasteiger partial charge in [0.05, 0.1) is 5.92 Å². The normalized spacial score (nSPS) is 13.1. The fourth-order valence-electron chi connectivity index (χ4n) is 3.03. The first kappa shape index (κ1) is 19.3. The predicted molar refractivity (Wildman–Crippen MR) is 95.1 cm³/mol. The molecule has 6 nitrogen and oxygen atoms in total. The maximum Gasteiger partial charge on any atom is 0.307 e. The molecular weight excluding hydrogens is 336 g/mol. The van der Waals surface area contributed by atoms with Gasteiger partial charge < -0.3 is 20.4 Å². The second kappa shape index (κ2) is 8.89. The summed E-state index contributed by atoms with van der Waals surface area (Å²) in [6.45, 7) is 0. The van der Waals surface area contributed by atoms with Crippen molar-refractivity contribution in [3.8, 4) is 11.5 Å². The van der Waals surface area contributed by atoms with Gasteiger partial charge in [-0.15, -0.1) is 0 Å². The molecule has 0 saturated carbocycles. The molecule has 0 amide bonds. The lowest BCUT2D eigenvalue weighted by Gasteiger charge is -2.24. The van der Waals surface area contributed by atoms with Crippen molar-refractivity contribution in [3.63, 3.8) is 0 Å². The molecule has 4 N–H and O–H groups in total. The van der Waals surface area contributed by atoms with Crippen LogP contribution < -0.4 is 0 Å². The zero-order valence-electron chi connectivity index (χ0n) is 14.2. The van der Waals surface area contributed by atoms with E-state index in [1.54, 1.807) is 24.3 Å². The van der Waals surface area contributed by atoms with E-state index in [4.69, 9.17) is 5.11 Å². The van der Waals surface area contributed by atoms with Crippen molar-refractivity contribution in [2.75, 3.05) is 0 Å². The van der Waals surface area contributed by atoms with Gasteiger partial charge in [0.15, 0.2) is 0 Å². The van der Waals surface area contributed by atoms with E-state index in [1.807, 2.05) is 0 Å². The second-order valence-corrected chi connectivity index (χ2v) is 6.38. The quantitative estimate of drug-likeness (QED) is 0.548. The Kier molecular flexibility index (Phi) is 6.60. The van der Waals surface area contributed by atoms with E-state index in [9.17, 15) is 24.9 Å². The first-order valence-electron chi connectivity index (χ1n) is 8.35. The maximum absolute atomic E-state index is 11.9. The molecule has 0 spiro atoms. The standard InChI is InChI=1S/C20H22O6/c21-16-6-1-13(2-7-16)11-15(5-10-19(23)24)18(20(25)26)12-14-3-8-17(22)9-4-14/h1-4,6-9,15,18,21-22H,5,10-12H2,(H,23,24)(H,25,26)/t15-,18-/m0/s1. The molecule has 26 heavy (non-hydrogen) atoms. The average Bonchev–Trinajstić information content (AvgIpc) is 2.59. The Morgan fingerprint density at radius 1 is 0.769 bits per heavy atom. The number of hydrogen-bond acceptors (Lipinski definition) is 4. The lowest BCUT2D eigenvalue weighted by Crippen LogP contribution is -2.28. The minimum Gasteiger partial charge on any atom is -0.508 e. The van der Waals surface area contributed by atoms with E-state index < -0.39 is 17.9 Å². The van der Waals surface area contributed by atoms with Crippen molar-refractivity contribution < 1.29 is 30.0 Å². The molecule has 2 aromatic carbocycles. The van der Waals surface area contributed by atoms with Gasteiger partial charge in [0.25, 0.3) is 0 Å². The predicted octanol–water partition coefficient (Wildman–Crippen LogP) is 3.06. The van der Waals surface area contributed by atoms with Crippen molar-refractivity contribution in [2.45, 2.75) is 25.7 Å². The Hall–Kier alpha value is -3.02. The van der Waals surface area contributed by atoms with Crippen LogP contribution in [0.15, 0.2) is 48.5 Å². The highest BCUT2D eigenvalue weighted by Gasteiger charge is 2.29. The third kappa shape index (κ3) is 5.81. The van der Waals surface area contributed by atoms with Gasteiger partial charge >= 0.3 is 11.9 Å². The van der Waals surface area contributed by atoms with Gasteiger partial charge in [-0.1, -0.05) is 24.3 Å². The van der Waals surface area contributed by atoms with Crippen LogP contribution in [0.25, 0.3) is 0 Å². The molecule has 0 aromatic heterocycles. The molecule has 2 atom stereocenters. The summed E-state index contributed by atoms with van der Waals surface area (Å²) in [5.41, 5.74) is 1.61. The number of hydrogen-bond donors (Lipinski definition) is 4. The fraction of sp³-hybridized carbons (Fsp3) is 0.300. The van der Waals surface area contributed by atoms with Crippen LogP contribution in [-0.2, 0) is 22.4 Å². The Balaban J connectivity index is 2.22. The highest BCUT2D eigenvalue weighted by Crippen LogP contribution is 2.28. The van der Waals surface area contributed by atoms with E-state index in [0.717, 1.165) is 11.1 Å². The lowest BCUT2D eigenvalue weighted by molar-refractivity contribution is -0.145. The molecule has 2 aromatic rings. The number of phenolic OH excluding ortho intramolecular Hbond substituents is 2. The van der Waals surface area contributed by atoms with Crippen molar-refractivity contribution in [3.05, 3.63) is 59.7 Å². The molecule has 0 fully saturated rings. The summed E-state index contributed by atoms with van der Waals surface area (Å²) in [6, 6.07) is 12.8. The van der Waals surface area contributed by atoms with Crippen LogP contribution in [0.2, 0.25) is 0 Å². The van der Waals surface area contributed by atoms with E-state index in [2.05, 4.69) is 0 Å². The van der Waals surface area contributed by atoms with Crippen molar-refractivity contribution in [2.24, 2.45) is 11.8 Å². The second-order valence-electron chi connectivity index (χ2n) is 6.38. The van der Waals surface area contributed by atoms with Crippen LogP contribution in [0, 0.1) is 11.8 Å². The van der Waals surface area contributed by atoms with Gasteiger partial charge in [-0.2, -0.15) is 0 Å². The summed E-state index contributed by atoms with van der Waals surface area (Å²) >= 11 is 0. The van der Waals surface area contributed by atoms with E-state index in [1.165, 1.54) is 24.3 Å². The number of benzene rings is 2. The topological polar surface area (TPSA) is 115 Å². The minimum absolute atomic E-state index is 0.104. The van der Waals surface area contributed by atoms with Crippen LogP contribution >= 0.6 is 0 Å². The monoisotopic (exact) mass is 358 g/mol. The Bertz CT molecular complexity index is 736. The molecule has 6 heteroatoms. The lowest BCUT2D eigenvalue weighted by atomic mass is 9.80. The molecule has 0 radical (unpaired) electrons. The summed E-state index contributed by atoms with van der Waals surface area (Å²) < 4.78 is 0. The van der Waals surface area contributed by atoms with E-state index in [0.29, 0.717) is 6.42 Å². The molecular formula is C20H22O6. The number of carboxylic acids is 2. The van der Waals surface area contributed by atoms with Crippen LogP contribution in [0.5, 0.6) is 11.5 Å². The Labute approximate surface area is 151 Å². The first-order valence-corrected chi connectivity index (χ1v) is 8.35. The molecule has 0 bridgehead atoms. The van der Waals surface area contributed by atoms with Crippen LogP contribution in [0.1, 0.15) is 24.0 Å². The molecule has 0 unspecified atom stereocenters. The van der Waals surface area contributed by atoms with Gasteiger partial charge in [-0.25, -0.2) is 0 Å². The fourth-order valence-corrected chi connectivity index (χ4v) is 3.03. The number of aliphatic carboxylic acids is 2. The third-order valence-electron chi connectivity index (χ3n) is 4.44. The number of carbonyl (C=O) groups is 2. The SMILES string of the molecule is O=C(O)CC[C@@H](Cc1ccc(O)cc1)[C@H](Cc1ccc(O)cc1)C(=O)O. The molecule has 2 rings (SSSR count). The smallest absolute Gasteiger partial charge is 0.307 e. The van der Waals surface area contributed by atoms with Gasteiger partial charge in [0.2, 0.25) is 0 Å². The van der Waals surface area contributed by atoms with E-state index >= 15 is 0 Å². The Morgan fingerprint density at radius 3 is 1.65 bits per heavy atom. The molecule has 0 heterocycles. The highest BCUT2D eigenvalue weighted by atomic mass is 16.4. The molecule has 0 saturated heterocycles. The van der Waals surface area contributed by atoms with Crippen LogP contribution in [0.4, 0.5) is 0 Å². The molecule has 0 aliphatic heterocycles. The number of carboxylic acid groups (broad SMARTS) is 2. The van der Waals surface area contributed by atoms with Gasteiger partial charge in [0.1, 0.15) is 11.5 Å². The first-order chi connectivity index (χ1) is 12.3. The number of aromatic hydroxyl groups is 2. The summed E-state index contributed by atoms with van der Waals surface area (Å²) in [4.78, 5) is 22.8. The van der Waals surface area contributed by atoms with Crippen molar-refractivity contribution >= 4 is 11.9 Å². The van der Waals surface area contributed by atoms with E-state index in [-0.39, 0.29) is 36.7 Å². The zero-order chi connectivity index (χ0) is 19.1. The minimum atomic E-state index is -0.979. The van der Waals surface area contributed by atoms with Crippen LogP contribution in [-0.4, -0.2) is 32.4 Å². The highest BCUT2D eigenvalue weighted by molar-refractivity contribution is 5.71. The van der Waals surface area contributed by atoms with Gasteiger partial charge in [-0.05, 0) is 60.6 Å². The summed E-state index contributed by atoms with van der Waals surface area (Å²) in [7, 11) is 0. The third-order valence-corrected chi connectivity index (χ3v) is 4.44. The largest absolute Gasteiger partial charge is 0.508 e. The van der Waals surface area contributed by atoms with Crippen molar-refractivity contribution in [1.82, 2.24) is 0 Å². The molecule has 138 valence electrons. The maximum atomic E-state index is 11.9. The average molecular weight is 358 g/mol. The van der Waals surface area contributed by atoms with Gasteiger partial charge in [-0.3, -0.25) is 9.59 Å². The van der Waals surface area contributed by atoms with Crippen molar-refractivity contribution in [1.29, 1.82) is 0 Å². The zero-order valence-corrected chi connectivity index (χ0v) is 14.2.